The fraction of sp³-hybridized carbons (Fsp3) is 0.625. The zero-order valence-electron chi connectivity index (χ0n) is 13.6. The second kappa shape index (κ2) is 6.83. The van der Waals surface area contributed by atoms with E-state index in [4.69, 9.17) is 4.74 Å². The average Bonchev–Trinajstić information content (AvgIpc) is 2.79. The first-order valence-electron chi connectivity index (χ1n) is 7.74. The quantitative estimate of drug-likeness (QED) is 0.859. The first-order chi connectivity index (χ1) is 10.6. The second-order valence-corrected chi connectivity index (χ2v) is 8.56. The highest BCUT2D eigenvalue weighted by atomic mass is 32.2. The Morgan fingerprint density at radius 2 is 2.09 bits per heavy atom. The lowest BCUT2D eigenvalue weighted by molar-refractivity contribution is 0.0367. The van der Waals surface area contributed by atoms with Gasteiger partial charge in [0.25, 0.3) is 0 Å². The topological polar surface area (TPSA) is 55.4 Å². The highest BCUT2D eigenvalue weighted by molar-refractivity contribution is 7.90. The van der Waals surface area contributed by atoms with Gasteiger partial charge in [-0.3, -0.25) is 0 Å². The molecule has 2 unspecified atom stereocenters. The molecular weight excluding hydrogens is 324 g/mol. The summed E-state index contributed by atoms with van der Waals surface area (Å²) in [7, 11) is -3.66. The van der Waals surface area contributed by atoms with Crippen molar-refractivity contribution in [3.05, 3.63) is 35.4 Å². The van der Waals surface area contributed by atoms with Crippen LogP contribution in [0.4, 0.5) is 8.78 Å². The van der Waals surface area contributed by atoms with Gasteiger partial charge >= 0.3 is 0 Å². The van der Waals surface area contributed by atoms with Crippen LogP contribution in [0.5, 0.6) is 0 Å². The number of rotatable bonds is 6. The van der Waals surface area contributed by atoms with Gasteiger partial charge in [-0.15, -0.1) is 0 Å². The van der Waals surface area contributed by atoms with Gasteiger partial charge in [-0.25, -0.2) is 21.9 Å². The normalized spacial score (nSPS) is 22.2. The summed E-state index contributed by atoms with van der Waals surface area (Å²) < 4.78 is 60.3. The number of sulfonamides is 1. The van der Waals surface area contributed by atoms with Crippen molar-refractivity contribution in [2.75, 3.05) is 6.61 Å². The van der Waals surface area contributed by atoms with Crippen LogP contribution in [-0.2, 0) is 14.8 Å². The summed E-state index contributed by atoms with van der Waals surface area (Å²) in [4.78, 5) is 0. The fourth-order valence-corrected chi connectivity index (χ4v) is 4.53. The number of hydrogen-bond donors (Lipinski definition) is 1. The Kier molecular flexibility index (Phi) is 5.43. The molecule has 4 nitrogen and oxygen atoms in total. The maximum absolute atomic E-state index is 14.0. The standard InChI is InChI=1S/C16H23F2NO3S/c1-4-5-15(13-7-6-11(17)8-14(13)18)19-23(20,21)12-9-16(2,3)22-10-12/h6-8,12,15,19H,4-5,9-10H2,1-3H3. The molecule has 1 aromatic carbocycles. The van der Waals surface area contributed by atoms with Gasteiger partial charge in [0.15, 0.2) is 0 Å². The van der Waals surface area contributed by atoms with Crippen molar-refractivity contribution in [2.24, 2.45) is 0 Å². The molecule has 0 spiro atoms. The molecule has 0 amide bonds. The predicted octanol–water partition coefficient (Wildman–Crippen LogP) is 3.29. The Hall–Kier alpha value is -1.05. The third-order valence-corrected chi connectivity index (χ3v) is 5.83. The maximum atomic E-state index is 14.0. The summed E-state index contributed by atoms with van der Waals surface area (Å²) in [6, 6.07) is 2.49. The highest BCUT2D eigenvalue weighted by Crippen LogP contribution is 2.30. The van der Waals surface area contributed by atoms with Crippen LogP contribution in [0.3, 0.4) is 0 Å². The lowest BCUT2D eigenvalue weighted by atomic mass is 10.0. The third-order valence-electron chi connectivity index (χ3n) is 4.04. The van der Waals surface area contributed by atoms with E-state index >= 15 is 0 Å². The molecule has 1 aromatic rings. The predicted molar refractivity (Wildman–Crippen MR) is 84.5 cm³/mol. The summed E-state index contributed by atoms with van der Waals surface area (Å²) in [6.45, 7) is 5.68. The first kappa shape index (κ1) is 18.3. The van der Waals surface area contributed by atoms with E-state index in [9.17, 15) is 17.2 Å². The summed E-state index contributed by atoms with van der Waals surface area (Å²) >= 11 is 0. The SMILES string of the molecule is CCCC(NS(=O)(=O)C1COC(C)(C)C1)c1ccc(F)cc1F. The molecule has 1 aliphatic rings. The zero-order chi connectivity index (χ0) is 17.3. The molecule has 1 fully saturated rings. The minimum Gasteiger partial charge on any atom is -0.374 e. The van der Waals surface area contributed by atoms with Crippen LogP contribution in [-0.4, -0.2) is 25.9 Å². The Bertz CT molecular complexity index is 661. The van der Waals surface area contributed by atoms with Gasteiger partial charge in [-0.1, -0.05) is 19.4 Å². The lowest BCUT2D eigenvalue weighted by Crippen LogP contribution is -2.38. The molecular formula is C16H23F2NO3S. The molecule has 23 heavy (non-hydrogen) atoms. The molecule has 0 bridgehead atoms. The Balaban J connectivity index is 2.22. The number of halogens is 2. The van der Waals surface area contributed by atoms with E-state index in [1.54, 1.807) is 0 Å². The number of ether oxygens (including phenoxy) is 1. The van der Waals surface area contributed by atoms with Crippen LogP contribution in [0.15, 0.2) is 18.2 Å². The number of benzene rings is 1. The van der Waals surface area contributed by atoms with Crippen LogP contribution in [0.1, 0.15) is 51.6 Å². The van der Waals surface area contributed by atoms with Crippen molar-refractivity contribution >= 4 is 10.0 Å². The van der Waals surface area contributed by atoms with E-state index < -0.39 is 38.6 Å². The first-order valence-corrected chi connectivity index (χ1v) is 9.29. The minimum absolute atomic E-state index is 0.118. The van der Waals surface area contributed by atoms with Crippen molar-refractivity contribution < 1.29 is 21.9 Å². The average molecular weight is 347 g/mol. The summed E-state index contributed by atoms with van der Waals surface area (Å²) in [6.07, 6.45) is 1.47. The molecule has 0 aliphatic carbocycles. The van der Waals surface area contributed by atoms with E-state index in [-0.39, 0.29) is 12.2 Å². The highest BCUT2D eigenvalue weighted by Gasteiger charge is 2.40. The van der Waals surface area contributed by atoms with Gasteiger partial charge in [0.1, 0.15) is 16.9 Å². The van der Waals surface area contributed by atoms with Gasteiger partial charge in [-0.05, 0) is 32.8 Å². The smallest absolute Gasteiger partial charge is 0.217 e. The van der Waals surface area contributed by atoms with Crippen molar-refractivity contribution in [2.45, 2.75) is 56.9 Å². The third kappa shape index (κ3) is 4.49. The van der Waals surface area contributed by atoms with Crippen molar-refractivity contribution in [3.8, 4) is 0 Å². The lowest BCUT2D eigenvalue weighted by Gasteiger charge is -2.22. The van der Waals surface area contributed by atoms with Crippen molar-refractivity contribution in [1.29, 1.82) is 0 Å². The molecule has 0 aromatic heterocycles. The number of nitrogens with one attached hydrogen (secondary N) is 1. The van der Waals surface area contributed by atoms with E-state index in [0.29, 0.717) is 19.3 Å². The fourth-order valence-electron chi connectivity index (χ4n) is 2.83. The van der Waals surface area contributed by atoms with Crippen molar-refractivity contribution in [1.82, 2.24) is 4.72 Å². The summed E-state index contributed by atoms with van der Waals surface area (Å²) in [5.41, 5.74) is -0.323. The van der Waals surface area contributed by atoms with Crippen molar-refractivity contribution in [3.63, 3.8) is 0 Å². The minimum atomic E-state index is -3.66. The molecule has 0 saturated carbocycles. The Morgan fingerprint density at radius 1 is 1.39 bits per heavy atom. The molecule has 1 saturated heterocycles. The Labute approximate surface area is 136 Å². The van der Waals surface area contributed by atoms with Gasteiger partial charge in [0.05, 0.1) is 12.2 Å². The van der Waals surface area contributed by atoms with Gasteiger partial charge in [0, 0.05) is 17.7 Å². The van der Waals surface area contributed by atoms with Crippen LogP contribution < -0.4 is 4.72 Å². The maximum Gasteiger partial charge on any atom is 0.217 e. The molecule has 1 N–H and O–H groups in total. The monoisotopic (exact) mass is 347 g/mol. The molecule has 1 heterocycles. The largest absolute Gasteiger partial charge is 0.374 e. The van der Waals surface area contributed by atoms with Gasteiger partial charge < -0.3 is 4.74 Å². The molecule has 0 radical (unpaired) electrons. The molecule has 1 aliphatic heterocycles. The van der Waals surface area contributed by atoms with Gasteiger partial charge in [0.2, 0.25) is 10.0 Å². The summed E-state index contributed by atoms with van der Waals surface area (Å²) in [5, 5.41) is -0.666. The van der Waals surface area contributed by atoms with E-state index in [1.807, 2.05) is 20.8 Å². The van der Waals surface area contributed by atoms with Crippen LogP contribution in [0, 0.1) is 11.6 Å². The van der Waals surface area contributed by atoms with Gasteiger partial charge in [-0.2, -0.15) is 0 Å². The Morgan fingerprint density at radius 3 is 2.61 bits per heavy atom. The van der Waals surface area contributed by atoms with Crippen LogP contribution in [0.25, 0.3) is 0 Å². The molecule has 2 atom stereocenters. The summed E-state index contributed by atoms with van der Waals surface area (Å²) in [5.74, 6) is -1.43. The molecule has 7 heteroatoms. The van der Waals surface area contributed by atoms with Crippen LogP contribution in [0.2, 0.25) is 0 Å². The second-order valence-electron chi connectivity index (χ2n) is 6.57. The zero-order valence-corrected chi connectivity index (χ0v) is 14.4. The number of hydrogen-bond acceptors (Lipinski definition) is 3. The van der Waals surface area contributed by atoms with Crippen LogP contribution >= 0.6 is 0 Å². The molecule has 130 valence electrons. The van der Waals surface area contributed by atoms with E-state index in [2.05, 4.69) is 4.72 Å². The molecule has 2 rings (SSSR count). The van der Waals surface area contributed by atoms with E-state index in [1.165, 1.54) is 6.07 Å². The van der Waals surface area contributed by atoms with E-state index in [0.717, 1.165) is 12.1 Å².